The van der Waals surface area contributed by atoms with Crippen molar-refractivity contribution in [3.63, 3.8) is 0 Å². The number of fused-ring (bicyclic) bond motifs is 3. The number of likely N-dealkylation sites (tertiary alicyclic amines) is 1. The third-order valence-electron chi connectivity index (χ3n) is 8.24. The molecule has 9 nitrogen and oxygen atoms in total. The number of aliphatic hydroxyl groups is 1. The molecular weight excluding hydrogens is 474 g/mol. The highest BCUT2D eigenvalue weighted by molar-refractivity contribution is 6.09. The molecule has 5 rings (SSSR count). The Morgan fingerprint density at radius 3 is 2.49 bits per heavy atom. The molecule has 2 fully saturated rings. The van der Waals surface area contributed by atoms with Gasteiger partial charge in [-0.25, -0.2) is 0 Å². The fourth-order valence-electron chi connectivity index (χ4n) is 6.55. The van der Waals surface area contributed by atoms with Gasteiger partial charge < -0.3 is 19.6 Å². The highest BCUT2D eigenvalue weighted by Gasteiger charge is 2.63. The number of amides is 2. The molecule has 0 radical (unpaired) electrons. The van der Waals surface area contributed by atoms with E-state index in [4.69, 9.17) is 4.74 Å². The molecule has 3 aliphatic rings. The van der Waals surface area contributed by atoms with Gasteiger partial charge in [0, 0.05) is 50.5 Å². The predicted octanol–water partition coefficient (Wildman–Crippen LogP) is 4.01. The summed E-state index contributed by atoms with van der Waals surface area (Å²) in [5.74, 6) is -0.240. The van der Waals surface area contributed by atoms with Crippen LogP contribution in [0.15, 0.2) is 42.5 Å². The molecule has 1 N–H and O–H groups in total. The van der Waals surface area contributed by atoms with Crippen molar-refractivity contribution in [2.75, 3.05) is 25.2 Å². The lowest BCUT2D eigenvalue weighted by molar-refractivity contribution is -0.384. The first-order valence-electron chi connectivity index (χ1n) is 13.0. The lowest BCUT2D eigenvalue weighted by Crippen LogP contribution is -2.55. The van der Waals surface area contributed by atoms with E-state index in [0.29, 0.717) is 36.4 Å². The number of anilines is 1. The van der Waals surface area contributed by atoms with Gasteiger partial charge in [0.15, 0.2) is 0 Å². The molecule has 2 aliphatic heterocycles. The van der Waals surface area contributed by atoms with E-state index in [9.17, 15) is 24.8 Å². The highest BCUT2D eigenvalue weighted by Crippen LogP contribution is 2.57. The third kappa shape index (κ3) is 4.20. The molecule has 0 spiro atoms. The van der Waals surface area contributed by atoms with Crippen LogP contribution in [0.4, 0.5) is 11.4 Å². The summed E-state index contributed by atoms with van der Waals surface area (Å²) in [4.78, 5) is 43.0. The lowest BCUT2D eigenvalue weighted by Gasteiger charge is -2.48. The van der Waals surface area contributed by atoms with Crippen LogP contribution in [-0.4, -0.2) is 53.0 Å². The Labute approximate surface area is 216 Å². The van der Waals surface area contributed by atoms with Crippen LogP contribution in [0.25, 0.3) is 0 Å². The number of nitrogens with zero attached hydrogens (tertiary/aromatic N) is 3. The molecule has 2 aromatic carbocycles. The minimum atomic E-state index is -1.19. The summed E-state index contributed by atoms with van der Waals surface area (Å²) >= 11 is 0. The first kappa shape index (κ1) is 25.4. The van der Waals surface area contributed by atoms with E-state index in [1.807, 2.05) is 23.1 Å². The van der Waals surface area contributed by atoms with E-state index in [0.717, 1.165) is 37.7 Å². The monoisotopic (exact) mass is 507 g/mol. The number of methoxy groups -OCH3 is 1. The predicted molar refractivity (Wildman–Crippen MR) is 137 cm³/mol. The lowest BCUT2D eigenvalue weighted by atomic mass is 9.67. The van der Waals surface area contributed by atoms with Crippen LogP contribution in [0.5, 0.6) is 0 Å². The van der Waals surface area contributed by atoms with Crippen molar-refractivity contribution in [2.45, 2.75) is 69.1 Å². The van der Waals surface area contributed by atoms with Gasteiger partial charge in [-0.1, -0.05) is 43.5 Å². The topological polar surface area (TPSA) is 113 Å². The van der Waals surface area contributed by atoms with Crippen molar-refractivity contribution in [1.29, 1.82) is 0 Å². The van der Waals surface area contributed by atoms with Gasteiger partial charge in [-0.15, -0.1) is 0 Å². The molecule has 1 aliphatic carbocycles. The van der Waals surface area contributed by atoms with Gasteiger partial charge in [-0.3, -0.25) is 19.7 Å². The van der Waals surface area contributed by atoms with Crippen LogP contribution >= 0.6 is 0 Å². The van der Waals surface area contributed by atoms with Crippen LogP contribution < -0.4 is 4.90 Å². The Hall–Kier alpha value is -3.30. The van der Waals surface area contributed by atoms with Crippen molar-refractivity contribution in [3.8, 4) is 0 Å². The van der Waals surface area contributed by atoms with Crippen LogP contribution in [0.3, 0.4) is 0 Å². The summed E-state index contributed by atoms with van der Waals surface area (Å²) in [6.45, 7) is 0.713. The maximum atomic E-state index is 14.6. The molecule has 9 heteroatoms. The van der Waals surface area contributed by atoms with E-state index >= 15 is 0 Å². The molecule has 0 unspecified atom stereocenters. The fourth-order valence-corrected chi connectivity index (χ4v) is 6.55. The Morgan fingerprint density at radius 2 is 1.84 bits per heavy atom. The standard InChI is InChI=1S/C28H33N3O6/c1-37-15-5-14-29-24-16-19(18-32)8-13-23(24)26-28(27(29)34,20-9-11-22(12-10-20)31(35)36)17-25(33)30(26)21-6-3-2-4-7-21/h8-13,16,21,26,32H,2-7,14-15,17-18H2,1H3/t26-,28-/m1/s1. The number of hydrogen-bond donors (Lipinski definition) is 1. The zero-order valence-corrected chi connectivity index (χ0v) is 21.1. The van der Waals surface area contributed by atoms with Gasteiger partial charge in [-0.2, -0.15) is 0 Å². The SMILES string of the molecule is COCCCN1C(=O)[C@@]2(c3ccc([N+](=O)[O-])cc3)CC(=O)N(C3CCCCC3)[C@@H]2c2ccc(CO)cc21. The smallest absolute Gasteiger partial charge is 0.269 e. The first-order chi connectivity index (χ1) is 17.9. The number of hydrogen-bond acceptors (Lipinski definition) is 6. The Morgan fingerprint density at radius 1 is 1.11 bits per heavy atom. The van der Waals surface area contributed by atoms with Gasteiger partial charge in [0.25, 0.3) is 5.69 Å². The maximum absolute atomic E-state index is 14.6. The summed E-state index contributed by atoms with van der Waals surface area (Å²) in [7, 11) is 1.61. The van der Waals surface area contributed by atoms with Gasteiger partial charge >= 0.3 is 0 Å². The summed E-state index contributed by atoms with van der Waals surface area (Å²) in [6.07, 6.45) is 5.64. The first-order valence-corrected chi connectivity index (χ1v) is 13.0. The number of carbonyl (C=O) groups excluding carboxylic acids is 2. The van der Waals surface area contributed by atoms with Crippen molar-refractivity contribution >= 4 is 23.2 Å². The molecule has 196 valence electrons. The van der Waals surface area contributed by atoms with Gasteiger partial charge in [0.1, 0.15) is 5.41 Å². The van der Waals surface area contributed by atoms with Crippen LogP contribution in [0, 0.1) is 10.1 Å². The van der Waals surface area contributed by atoms with Crippen molar-refractivity contribution in [3.05, 3.63) is 69.3 Å². The van der Waals surface area contributed by atoms with Gasteiger partial charge in [-0.05, 0) is 42.0 Å². The quantitative estimate of drug-likeness (QED) is 0.328. The zero-order chi connectivity index (χ0) is 26.2. The minimum absolute atomic E-state index is 0.0206. The number of aliphatic hydroxyl groups excluding tert-OH is 1. The molecule has 0 bridgehead atoms. The number of carbonyl (C=O) groups is 2. The molecule has 1 saturated carbocycles. The minimum Gasteiger partial charge on any atom is -0.392 e. The molecule has 37 heavy (non-hydrogen) atoms. The number of rotatable bonds is 8. The van der Waals surface area contributed by atoms with E-state index in [1.165, 1.54) is 12.1 Å². The second-order valence-electron chi connectivity index (χ2n) is 10.3. The number of nitro benzene ring substituents is 1. The average molecular weight is 508 g/mol. The average Bonchev–Trinajstić information content (AvgIpc) is 3.24. The van der Waals surface area contributed by atoms with Crippen molar-refractivity contribution in [2.24, 2.45) is 0 Å². The summed E-state index contributed by atoms with van der Waals surface area (Å²) in [6, 6.07) is 11.3. The zero-order valence-electron chi connectivity index (χ0n) is 21.1. The largest absolute Gasteiger partial charge is 0.392 e. The summed E-state index contributed by atoms with van der Waals surface area (Å²) in [5.41, 5.74) is 1.66. The van der Waals surface area contributed by atoms with Crippen LogP contribution in [0.2, 0.25) is 0 Å². The number of non-ortho nitro benzene ring substituents is 1. The van der Waals surface area contributed by atoms with Gasteiger partial charge in [0.2, 0.25) is 11.8 Å². The molecule has 2 aromatic rings. The third-order valence-corrected chi connectivity index (χ3v) is 8.24. The molecule has 2 amide bonds. The maximum Gasteiger partial charge on any atom is 0.269 e. The molecule has 0 aromatic heterocycles. The van der Waals surface area contributed by atoms with E-state index < -0.39 is 16.4 Å². The van der Waals surface area contributed by atoms with E-state index in [1.54, 1.807) is 24.1 Å². The number of nitro groups is 1. The van der Waals surface area contributed by atoms with Crippen LogP contribution in [0.1, 0.15) is 67.7 Å². The van der Waals surface area contributed by atoms with E-state index in [-0.39, 0.29) is 36.6 Å². The Balaban J connectivity index is 1.71. The van der Waals surface area contributed by atoms with Crippen molar-refractivity contribution < 1.29 is 24.4 Å². The van der Waals surface area contributed by atoms with E-state index in [2.05, 4.69) is 0 Å². The highest BCUT2D eigenvalue weighted by atomic mass is 16.6. The Bertz CT molecular complexity index is 1190. The molecule has 2 heterocycles. The second-order valence-corrected chi connectivity index (χ2v) is 10.3. The molecular formula is C28H33N3O6. The number of ether oxygens (including phenoxy) is 1. The fraction of sp³-hybridized carbons (Fsp3) is 0.500. The molecule has 1 saturated heterocycles. The molecule has 2 atom stereocenters. The Kier molecular flexibility index (Phi) is 7.00. The van der Waals surface area contributed by atoms with Gasteiger partial charge in [0.05, 0.1) is 17.6 Å². The normalized spacial score (nSPS) is 23.8. The van der Waals surface area contributed by atoms with Crippen LogP contribution in [-0.2, 0) is 26.3 Å². The summed E-state index contributed by atoms with van der Waals surface area (Å²) < 4.78 is 5.24. The second kappa shape index (κ2) is 10.2. The number of benzene rings is 2. The summed E-state index contributed by atoms with van der Waals surface area (Å²) in [5, 5.41) is 21.2. The van der Waals surface area contributed by atoms with Crippen molar-refractivity contribution in [1.82, 2.24) is 4.90 Å².